The van der Waals surface area contributed by atoms with Crippen molar-refractivity contribution >= 4 is 16.8 Å². The molecule has 30 heavy (non-hydrogen) atoms. The number of nitrogens with zero attached hydrogens (tertiary/aromatic N) is 3. The smallest absolute Gasteiger partial charge is 0.348 e. The maximum Gasteiger partial charge on any atom is 0.416 e. The average Bonchev–Trinajstić information content (AvgIpc) is 3.01. The number of amides is 1. The molecule has 0 spiro atoms. The molecule has 0 saturated carbocycles. The minimum atomic E-state index is -4.45. The lowest BCUT2D eigenvalue weighted by Crippen LogP contribution is -2.28. The Balaban J connectivity index is 1.65. The highest BCUT2D eigenvalue weighted by atomic mass is 19.4. The van der Waals surface area contributed by atoms with Crippen molar-refractivity contribution in [3.8, 4) is 0 Å². The summed E-state index contributed by atoms with van der Waals surface area (Å²) >= 11 is 0. The van der Waals surface area contributed by atoms with Gasteiger partial charge in [-0.3, -0.25) is 14.5 Å². The first-order valence-electron chi connectivity index (χ1n) is 8.76. The van der Waals surface area contributed by atoms with Crippen LogP contribution in [0.5, 0.6) is 0 Å². The number of benzene rings is 1. The lowest BCUT2D eigenvalue weighted by molar-refractivity contribution is -0.142. The van der Waals surface area contributed by atoms with Crippen molar-refractivity contribution in [2.45, 2.75) is 38.3 Å². The van der Waals surface area contributed by atoms with Gasteiger partial charge in [-0.15, -0.1) is 0 Å². The van der Waals surface area contributed by atoms with Crippen LogP contribution in [0.4, 0.5) is 26.3 Å². The zero-order valence-electron chi connectivity index (χ0n) is 15.6. The van der Waals surface area contributed by atoms with Crippen LogP contribution in [0.2, 0.25) is 0 Å². The predicted octanol–water partition coefficient (Wildman–Crippen LogP) is 4.43. The first-order valence-corrected chi connectivity index (χ1v) is 8.76. The summed E-state index contributed by atoms with van der Waals surface area (Å²) in [5.41, 5.74) is 0.224. The quantitative estimate of drug-likeness (QED) is 0.610. The second kappa shape index (κ2) is 7.96. The number of alkyl halides is 6. The molecular weight excluding hydrogens is 414 g/mol. The molecule has 0 radical (unpaired) electrons. The molecule has 0 saturated heterocycles. The second-order valence-corrected chi connectivity index (χ2v) is 6.75. The third-order valence-electron chi connectivity index (χ3n) is 4.35. The molecule has 1 aromatic carbocycles. The molecule has 3 rings (SSSR count). The molecule has 5 nitrogen and oxygen atoms in total. The normalized spacial score (nSPS) is 13.4. The van der Waals surface area contributed by atoms with Crippen molar-refractivity contribution < 1.29 is 31.1 Å². The fraction of sp³-hybridized carbons (Fsp3) is 0.316. The van der Waals surface area contributed by atoms with Crippen molar-refractivity contribution in [1.29, 1.82) is 0 Å². The summed E-state index contributed by atoms with van der Waals surface area (Å²) in [6, 6.07) is 5.22. The van der Waals surface area contributed by atoms with E-state index in [2.05, 4.69) is 15.4 Å². The molecule has 160 valence electrons. The molecule has 0 aliphatic carbocycles. The van der Waals surface area contributed by atoms with Gasteiger partial charge in [0.05, 0.1) is 41.6 Å². The monoisotopic (exact) mass is 430 g/mol. The van der Waals surface area contributed by atoms with Gasteiger partial charge >= 0.3 is 12.4 Å². The van der Waals surface area contributed by atoms with Crippen molar-refractivity contribution in [1.82, 2.24) is 20.1 Å². The van der Waals surface area contributed by atoms with Gasteiger partial charge in [-0.1, -0.05) is 12.1 Å². The van der Waals surface area contributed by atoms with Crippen LogP contribution in [0.25, 0.3) is 10.9 Å². The van der Waals surface area contributed by atoms with Crippen LogP contribution in [0.1, 0.15) is 29.8 Å². The van der Waals surface area contributed by atoms with E-state index >= 15 is 0 Å². The zero-order chi connectivity index (χ0) is 22.1. The fourth-order valence-corrected chi connectivity index (χ4v) is 2.89. The third kappa shape index (κ3) is 5.28. The van der Waals surface area contributed by atoms with E-state index in [1.807, 2.05) is 0 Å². The number of carbonyl (C=O) groups excluding carboxylic acids is 1. The number of hydrogen-bond donors (Lipinski definition) is 1. The Morgan fingerprint density at radius 1 is 1.10 bits per heavy atom. The molecule has 3 aromatic rings. The van der Waals surface area contributed by atoms with Crippen LogP contribution in [0.15, 0.2) is 42.7 Å². The molecule has 1 amide bonds. The Bertz CT molecular complexity index is 1040. The molecule has 0 aliphatic heterocycles. The number of rotatable bonds is 5. The highest BCUT2D eigenvalue weighted by molar-refractivity contribution is 5.80. The second-order valence-electron chi connectivity index (χ2n) is 6.75. The largest absolute Gasteiger partial charge is 0.416 e. The van der Waals surface area contributed by atoms with Crippen LogP contribution in [0.3, 0.4) is 0 Å². The van der Waals surface area contributed by atoms with E-state index < -0.39 is 36.4 Å². The van der Waals surface area contributed by atoms with Gasteiger partial charge in [0, 0.05) is 5.39 Å². The van der Waals surface area contributed by atoms with E-state index in [0.717, 1.165) is 16.8 Å². The van der Waals surface area contributed by atoms with Gasteiger partial charge in [0.15, 0.2) is 0 Å². The highest BCUT2D eigenvalue weighted by Crippen LogP contribution is 2.29. The Morgan fingerprint density at radius 3 is 2.37 bits per heavy atom. The average molecular weight is 430 g/mol. The van der Waals surface area contributed by atoms with Gasteiger partial charge in [0.1, 0.15) is 6.54 Å². The Morgan fingerprint density at radius 2 is 1.77 bits per heavy atom. The van der Waals surface area contributed by atoms with E-state index in [4.69, 9.17) is 0 Å². The Kier molecular flexibility index (Phi) is 5.73. The molecular formula is C19H16F6N4O. The maximum atomic E-state index is 12.6. The Labute approximate surface area is 166 Å². The third-order valence-corrected chi connectivity index (χ3v) is 4.35. The topological polar surface area (TPSA) is 59.8 Å². The molecule has 0 fully saturated rings. The summed E-state index contributed by atoms with van der Waals surface area (Å²) in [4.78, 5) is 16.3. The molecule has 1 atom stereocenters. The van der Waals surface area contributed by atoms with E-state index in [-0.39, 0.29) is 11.9 Å². The van der Waals surface area contributed by atoms with Crippen molar-refractivity contribution in [3.05, 3.63) is 59.5 Å². The fourth-order valence-electron chi connectivity index (χ4n) is 2.89. The SMILES string of the molecule is C[C@@H](NC(=O)Cc1ccc(C(F)(F)F)cc1)c1cc2cnn(CC(F)(F)F)c2cn1. The van der Waals surface area contributed by atoms with Crippen LogP contribution in [0, 0.1) is 0 Å². The number of hydrogen-bond acceptors (Lipinski definition) is 3. The van der Waals surface area contributed by atoms with Crippen LogP contribution in [-0.4, -0.2) is 26.8 Å². The molecule has 0 unspecified atom stereocenters. The molecule has 0 aliphatic rings. The summed E-state index contributed by atoms with van der Waals surface area (Å²) in [5.74, 6) is -0.433. The molecule has 0 bridgehead atoms. The van der Waals surface area contributed by atoms with Gasteiger partial charge in [0.2, 0.25) is 5.91 Å². The first kappa shape index (κ1) is 21.6. The summed E-state index contributed by atoms with van der Waals surface area (Å²) in [6.45, 7) is 0.399. The number of aromatic nitrogens is 3. The van der Waals surface area contributed by atoms with E-state index in [1.54, 1.807) is 6.92 Å². The summed E-state index contributed by atoms with van der Waals surface area (Å²) in [5, 5.41) is 6.82. The number of halogens is 6. The predicted molar refractivity (Wildman–Crippen MR) is 95.3 cm³/mol. The first-order chi connectivity index (χ1) is 13.9. The molecule has 1 N–H and O–H groups in total. The van der Waals surface area contributed by atoms with Gasteiger partial charge in [-0.05, 0) is 30.7 Å². The summed E-state index contributed by atoms with van der Waals surface area (Å²) in [7, 11) is 0. The maximum absolute atomic E-state index is 12.6. The van der Waals surface area contributed by atoms with Crippen LogP contribution >= 0.6 is 0 Å². The van der Waals surface area contributed by atoms with Gasteiger partial charge in [0.25, 0.3) is 0 Å². The van der Waals surface area contributed by atoms with Crippen molar-refractivity contribution in [2.24, 2.45) is 0 Å². The summed E-state index contributed by atoms with van der Waals surface area (Å²) < 4.78 is 76.3. The number of carbonyl (C=O) groups is 1. The standard InChI is InChI=1S/C19H16F6N4O/c1-11(28-17(30)6-12-2-4-14(5-3-12)19(23,24)25)15-7-13-8-27-29(10-18(20,21)22)16(13)9-26-15/h2-5,7-9,11H,6,10H2,1H3,(H,28,30)/t11-/m1/s1. The Hall–Kier alpha value is -3.11. The number of nitrogens with one attached hydrogen (secondary N) is 1. The van der Waals surface area contributed by atoms with E-state index in [1.165, 1.54) is 30.6 Å². The number of fused-ring (bicyclic) bond motifs is 1. The van der Waals surface area contributed by atoms with Crippen LogP contribution in [-0.2, 0) is 23.9 Å². The van der Waals surface area contributed by atoms with E-state index in [9.17, 15) is 31.1 Å². The van der Waals surface area contributed by atoms with Gasteiger partial charge in [-0.2, -0.15) is 31.4 Å². The molecule has 2 aromatic heterocycles. The zero-order valence-corrected chi connectivity index (χ0v) is 15.6. The number of pyridine rings is 1. The van der Waals surface area contributed by atoms with Crippen molar-refractivity contribution in [2.75, 3.05) is 0 Å². The minimum Gasteiger partial charge on any atom is -0.348 e. The van der Waals surface area contributed by atoms with Gasteiger partial charge < -0.3 is 5.32 Å². The lowest BCUT2D eigenvalue weighted by atomic mass is 10.1. The highest BCUT2D eigenvalue weighted by Gasteiger charge is 2.30. The molecule has 2 heterocycles. The van der Waals surface area contributed by atoms with Crippen molar-refractivity contribution in [3.63, 3.8) is 0 Å². The van der Waals surface area contributed by atoms with E-state index in [0.29, 0.717) is 16.6 Å². The lowest BCUT2D eigenvalue weighted by Gasteiger charge is -2.14. The van der Waals surface area contributed by atoms with Gasteiger partial charge in [-0.25, -0.2) is 0 Å². The summed E-state index contributed by atoms with van der Waals surface area (Å²) in [6.07, 6.45) is -6.47. The van der Waals surface area contributed by atoms with Crippen LogP contribution < -0.4 is 5.32 Å². The molecule has 11 heteroatoms. The minimum absolute atomic E-state index is 0.131.